The van der Waals surface area contributed by atoms with E-state index in [-0.39, 0.29) is 17.3 Å². The average molecular weight is 534 g/mol. The van der Waals surface area contributed by atoms with Gasteiger partial charge in [-0.1, -0.05) is 78.3 Å². The predicted molar refractivity (Wildman–Crippen MR) is 148 cm³/mol. The van der Waals surface area contributed by atoms with Crippen LogP contribution in [0.1, 0.15) is 28.2 Å². The van der Waals surface area contributed by atoms with Gasteiger partial charge in [-0.15, -0.1) is 0 Å². The summed E-state index contributed by atoms with van der Waals surface area (Å²) >= 11 is 6.23. The van der Waals surface area contributed by atoms with Gasteiger partial charge in [-0.05, 0) is 46.5 Å². The maximum absolute atomic E-state index is 14.4. The number of anilines is 1. The molecule has 8 heteroatoms. The van der Waals surface area contributed by atoms with Crippen molar-refractivity contribution < 1.29 is 14.5 Å². The van der Waals surface area contributed by atoms with Crippen LogP contribution in [0.15, 0.2) is 102 Å². The van der Waals surface area contributed by atoms with Gasteiger partial charge in [-0.2, -0.15) is 0 Å². The number of nitro benzene ring substituents is 1. The number of carbonyl (C=O) groups excluding carboxylic acids is 2. The molecule has 4 aromatic rings. The van der Waals surface area contributed by atoms with Crippen molar-refractivity contribution in [1.82, 2.24) is 0 Å². The molecule has 2 bridgehead atoms. The van der Waals surface area contributed by atoms with Crippen LogP contribution in [0.2, 0.25) is 5.02 Å². The van der Waals surface area contributed by atoms with Gasteiger partial charge in [0, 0.05) is 23.2 Å². The van der Waals surface area contributed by atoms with Gasteiger partial charge in [-0.25, -0.2) is 4.90 Å². The number of para-hydroxylation sites is 2. The van der Waals surface area contributed by atoms with Crippen LogP contribution in [-0.4, -0.2) is 23.0 Å². The van der Waals surface area contributed by atoms with Crippen LogP contribution in [0.25, 0.3) is 0 Å². The number of nitro groups is 1. The van der Waals surface area contributed by atoms with E-state index >= 15 is 0 Å². The Morgan fingerprint density at radius 3 is 2.15 bits per heavy atom. The molecule has 0 N–H and O–H groups in total. The molecule has 7 nitrogen and oxygen atoms in total. The number of rotatable bonds is 4. The largest absolute Gasteiger partial charge is 0.293 e. The topological polar surface area (TPSA) is 92.9 Å². The molecule has 0 unspecified atom stereocenters. The minimum atomic E-state index is -1.07. The highest BCUT2D eigenvalue weighted by atomic mass is 35.5. The predicted octanol–water partition coefficient (Wildman–Crippen LogP) is 6.20. The molecule has 8 rings (SSSR count). The average Bonchev–Trinajstić information content (AvgIpc) is 3.22. The van der Waals surface area contributed by atoms with Gasteiger partial charge in [0.25, 0.3) is 5.69 Å². The molecule has 2 atom stereocenters. The summed E-state index contributed by atoms with van der Waals surface area (Å²) in [6.45, 7) is 0. The summed E-state index contributed by atoms with van der Waals surface area (Å²) in [6.07, 6.45) is 1.78. The van der Waals surface area contributed by atoms with E-state index in [9.17, 15) is 19.7 Å². The quantitative estimate of drug-likeness (QED) is 0.135. The van der Waals surface area contributed by atoms with E-state index in [1.807, 2.05) is 54.6 Å². The van der Waals surface area contributed by atoms with Crippen LogP contribution in [-0.2, 0) is 15.0 Å². The fourth-order valence-electron chi connectivity index (χ4n) is 6.83. The maximum Gasteiger partial charge on any atom is 0.293 e. The van der Waals surface area contributed by atoms with E-state index in [0.29, 0.717) is 10.7 Å². The molecule has 0 aromatic heterocycles. The third-order valence-corrected chi connectivity index (χ3v) is 8.46. The number of carbonyl (C=O) groups is 2. The number of imide groups is 1. The minimum absolute atomic E-state index is 0.0126. The van der Waals surface area contributed by atoms with E-state index in [1.165, 1.54) is 18.2 Å². The lowest BCUT2D eigenvalue weighted by atomic mass is 9.47. The Hall–Kier alpha value is -4.62. The lowest BCUT2D eigenvalue weighted by molar-refractivity contribution is -0.384. The van der Waals surface area contributed by atoms with Gasteiger partial charge in [0.05, 0.1) is 27.9 Å². The van der Waals surface area contributed by atoms with Crippen molar-refractivity contribution in [3.05, 3.63) is 134 Å². The molecule has 190 valence electrons. The third-order valence-electron chi connectivity index (χ3n) is 8.23. The van der Waals surface area contributed by atoms with Crippen LogP contribution < -0.4 is 4.90 Å². The number of halogens is 1. The second-order valence-electron chi connectivity index (χ2n) is 10.0. The number of aliphatic imine (C=N–C) groups is 1. The smallest absolute Gasteiger partial charge is 0.274 e. The van der Waals surface area contributed by atoms with Crippen LogP contribution in [0, 0.1) is 22.0 Å². The van der Waals surface area contributed by atoms with Gasteiger partial charge in [0.15, 0.2) is 0 Å². The Bertz CT molecular complexity index is 1700. The lowest BCUT2D eigenvalue weighted by Gasteiger charge is -2.52. The third kappa shape index (κ3) is 3.14. The zero-order valence-electron chi connectivity index (χ0n) is 20.4. The molecule has 1 fully saturated rings. The van der Waals surface area contributed by atoms with Gasteiger partial charge in [0.2, 0.25) is 11.8 Å². The van der Waals surface area contributed by atoms with E-state index < -0.39 is 34.0 Å². The molecule has 4 aliphatic rings. The fraction of sp³-hybridized carbons (Fsp3) is 0.129. The molecule has 0 saturated carbocycles. The number of amides is 2. The van der Waals surface area contributed by atoms with E-state index in [4.69, 9.17) is 16.6 Å². The highest BCUT2D eigenvalue weighted by Crippen LogP contribution is 2.64. The van der Waals surface area contributed by atoms with Crippen molar-refractivity contribution >= 4 is 46.7 Å². The van der Waals surface area contributed by atoms with Crippen molar-refractivity contribution in [3.63, 3.8) is 0 Å². The van der Waals surface area contributed by atoms with Crippen molar-refractivity contribution in [2.24, 2.45) is 16.8 Å². The molecular formula is C31H20ClN3O4. The standard InChI is InChI=1S/C31H20ClN3O4/c32-18-8-7-9-19(16-18)33-17-31-22-12-3-1-10-20(22)26(21-11-2-4-13-23(21)31)27-28(31)30(37)34(29(27)36)24-14-5-6-15-25(24)35(38)39/h1-17,26-28H/t26?,27-,28+,31?/m0/s1. The molecule has 4 aromatic carbocycles. The number of hydrogen-bond donors (Lipinski definition) is 0. The zero-order valence-corrected chi connectivity index (χ0v) is 21.2. The van der Waals surface area contributed by atoms with Crippen molar-refractivity contribution in [1.29, 1.82) is 0 Å². The molecule has 3 aliphatic carbocycles. The Morgan fingerprint density at radius 1 is 0.846 bits per heavy atom. The van der Waals surface area contributed by atoms with Crippen molar-refractivity contribution in [3.8, 4) is 0 Å². The minimum Gasteiger partial charge on any atom is -0.274 e. The first kappa shape index (κ1) is 23.5. The zero-order chi connectivity index (χ0) is 26.9. The van der Waals surface area contributed by atoms with Crippen LogP contribution in [0.3, 0.4) is 0 Å². The van der Waals surface area contributed by atoms with E-state index in [0.717, 1.165) is 27.2 Å². The molecule has 1 heterocycles. The van der Waals surface area contributed by atoms with Crippen LogP contribution in [0.4, 0.5) is 17.1 Å². The SMILES string of the molecule is O=C1[C@H]2C3c4ccccc4C(C=Nc4cccc(Cl)c4)(c4ccccc43)[C@H]2C(=O)N1c1ccccc1[N+](=O)[O-]. The highest BCUT2D eigenvalue weighted by Gasteiger charge is 2.68. The summed E-state index contributed by atoms with van der Waals surface area (Å²) in [5.41, 5.74) is 2.98. The molecule has 0 spiro atoms. The monoisotopic (exact) mass is 533 g/mol. The maximum atomic E-state index is 14.4. The van der Waals surface area contributed by atoms with E-state index in [2.05, 4.69) is 0 Å². The summed E-state index contributed by atoms with van der Waals surface area (Å²) < 4.78 is 0. The van der Waals surface area contributed by atoms with Crippen molar-refractivity contribution in [2.75, 3.05) is 4.90 Å². The first-order valence-electron chi connectivity index (χ1n) is 12.5. The second-order valence-corrected chi connectivity index (χ2v) is 10.5. The first-order valence-corrected chi connectivity index (χ1v) is 12.9. The number of benzene rings is 4. The Labute approximate surface area is 228 Å². The summed E-state index contributed by atoms with van der Waals surface area (Å²) in [5.74, 6) is -2.84. The highest BCUT2D eigenvalue weighted by molar-refractivity contribution is 6.30. The summed E-state index contributed by atoms with van der Waals surface area (Å²) in [5, 5.41) is 12.4. The van der Waals surface area contributed by atoms with Crippen LogP contribution in [0.5, 0.6) is 0 Å². The van der Waals surface area contributed by atoms with Crippen LogP contribution >= 0.6 is 11.6 Å². The molecule has 0 radical (unpaired) electrons. The van der Waals surface area contributed by atoms with E-state index in [1.54, 1.807) is 30.5 Å². The summed E-state index contributed by atoms with van der Waals surface area (Å²) in [4.78, 5) is 45.8. The lowest BCUT2D eigenvalue weighted by Crippen LogP contribution is -2.54. The van der Waals surface area contributed by atoms with Gasteiger partial charge in [0.1, 0.15) is 5.69 Å². The second kappa shape index (κ2) is 8.44. The summed E-state index contributed by atoms with van der Waals surface area (Å²) in [6, 6.07) is 28.7. The van der Waals surface area contributed by atoms with Gasteiger partial charge in [-0.3, -0.25) is 24.7 Å². The Morgan fingerprint density at radius 2 is 1.49 bits per heavy atom. The molecule has 1 saturated heterocycles. The summed E-state index contributed by atoms with van der Waals surface area (Å²) in [7, 11) is 0. The Balaban J connectivity index is 1.51. The molecule has 39 heavy (non-hydrogen) atoms. The Kier molecular flexibility index (Phi) is 5.09. The normalized spacial score (nSPS) is 24.5. The van der Waals surface area contributed by atoms with Crippen molar-refractivity contribution in [2.45, 2.75) is 11.3 Å². The molecule has 2 amide bonds. The number of nitrogens with zero attached hydrogens (tertiary/aromatic N) is 3. The molecular weight excluding hydrogens is 514 g/mol. The fourth-order valence-corrected chi connectivity index (χ4v) is 7.01. The molecule has 1 aliphatic heterocycles. The van der Waals surface area contributed by atoms with Gasteiger partial charge >= 0.3 is 0 Å². The first-order chi connectivity index (χ1) is 18.9. The number of hydrogen-bond acceptors (Lipinski definition) is 5. The van der Waals surface area contributed by atoms with Gasteiger partial charge < -0.3 is 0 Å².